The first-order valence-corrected chi connectivity index (χ1v) is 3.97. The van der Waals surface area contributed by atoms with Gasteiger partial charge in [-0.15, -0.1) is 11.5 Å². The smallest absolute Gasteiger partial charge is 0.876 e. The Morgan fingerprint density at radius 3 is 1.00 bits per heavy atom. The van der Waals surface area contributed by atoms with Gasteiger partial charge in [-0.3, -0.25) is 9.59 Å². The average Bonchev–Trinajstić information content (AvgIpc) is 1.79. The van der Waals surface area contributed by atoms with Crippen LogP contribution in [0.5, 0.6) is 0 Å². The Labute approximate surface area is 100 Å². The molecule has 0 aliphatic carbocycles. The summed E-state index contributed by atoms with van der Waals surface area (Å²) in [6.45, 7) is 5.39. The Hall–Kier alpha value is -1.06. The Morgan fingerprint density at radius 1 is 0.800 bits per heavy atom. The summed E-state index contributed by atoms with van der Waals surface area (Å²) >= 11 is 0. The first kappa shape index (κ1) is 19.5. The molecule has 0 saturated carbocycles. The second-order valence-corrected chi connectivity index (χ2v) is 2.73. The maximum absolute atomic E-state index is 9.98. The third-order valence-electron chi connectivity index (χ3n) is 0.813. The normalized spacial score (nSPS) is 10.7. The Balaban J connectivity index is -0.000000180. The van der Waals surface area contributed by atoms with Crippen molar-refractivity contribution in [1.29, 1.82) is 0 Å². The molecule has 0 aliphatic rings. The number of hydrogen-bond acceptors (Lipinski definition) is 4. The van der Waals surface area contributed by atoms with Crippen molar-refractivity contribution in [1.82, 2.24) is 0 Å². The number of ketones is 2. The van der Waals surface area contributed by atoms with Crippen molar-refractivity contribution < 1.29 is 36.9 Å². The molecule has 0 atom stereocenters. The van der Waals surface area contributed by atoms with E-state index < -0.39 is 0 Å². The molecule has 0 amide bonds. The second-order valence-electron chi connectivity index (χ2n) is 2.73. The van der Waals surface area contributed by atoms with E-state index in [0.29, 0.717) is 0 Å². The number of carbonyl (C=O) groups is 2. The minimum absolute atomic E-state index is 0. The molecule has 0 aliphatic heterocycles. The maximum Gasteiger partial charge on any atom is 2.00 e. The average molecular weight is 253 g/mol. The predicted octanol–water partition coefficient (Wildman–Crippen LogP) is -0.324. The van der Waals surface area contributed by atoms with Crippen molar-refractivity contribution in [3.63, 3.8) is 0 Å². The van der Waals surface area contributed by atoms with Gasteiger partial charge in [0.05, 0.1) is 0 Å². The molecule has 0 N–H and O–H groups in total. The number of hydrogen-bond donors (Lipinski definition) is 0. The van der Waals surface area contributed by atoms with Gasteiger partial charge >= 0.3 is 17.1 Å². The van der Waals surface area contributed by atoms with E-state index >= 15 is 0 Å². The minimum Gasteiger partial charge on any atom is -0.876 e. The van der Waals surface area contributed by atoms with E-state index in [1.807, 2.05) is 0 Å². The van der Waals surface area contributed by atoms with Gasteiger partial charge in [0.15, 0.2) is 11.6 Å². The van der Waals surface area contributed by atoms with Crippen LogP contribution < -0.4 is 10.2 Å². The summed E-state index contributed by atoms with van der Waals surface area (Å²) in [5, 5.41) is 20.0. The zero-order chi connectivity index (χ0) is 11.7. The van der Waals surface area contributed by atoms with Gasteiger partial charge in [-0.1, -0.05) is 13.8 Å². The van der Waals surface area contributed by atoms with E-state index in [4.69, 9.17) is 0 Å². The van der Waals surface area contributed by atoms with Gasteiger partial charge in [0.25, 0.3) is 0 Å². The van der Waals surface area contributed by atoms with Crippen molar-refractivity contribution in [2.75, 3.05) is 0 Å². The van der Waals surface area contributed by atoms with Crippen LogP contribution >= 0.6 is 0 Å². The molecule has 0 aromatic carbocycles. The third kappa shape index (κ3) is 32.2. The molecular formula is C10H14MnO4. The van der Waals surface area contributed by atoms with E-state index in [2.05, 4.69) is 0 Å². The van der Waals surface area contributed by atoms with Gasteiger partial charge in [0.1, 0.15) is 0 Å². The Morgan fingerprint density at radius 2 is 1.00 bits per heavy atom. The summed E-state index contributed by atoms with van der Waals surface area (Å²) < 4.78 is 0. The topological polar surface area (TPSA) is 80.3 Å². The van der Waals surface area contributed by atoms with Crippen LogP contribution in [0, 0.1) is 0 Å². The van der Waals surface area contributed by atoms with Crippen molar-refractivity contribution in [2.24, 2.45) is 0 Å². The Kier molecular flexibility index (Phi) is 14.3. The molecule has 0 fully saturated rings. The van der Waals surface area contributed by atoms with Gasteiger partial charge in [-0.2, -0.15) is 0 Å². The Bertz CT molecular complexity index is 231. The largest absolute Gasteiger partial charge is 2.00 e. The monoisotopic (exact) mass is 253 g/mol. The molecular weight excluding hydrogens is 239 g/mol. The van der Waals surface area contributed by atoms with Crippen LogP contribution in [0.1, 0.15) is 27.7 Å². The van der Waals surface area contributed by atoms with Gasteiger partial charge < -0.3 is 10.2 Å². The first-order chi connectivity index (χ1) is 6.25. The van der Waals surface area contributed by atoms with Crippen LogP contribution in [0.25, 0.3) is 0 Å². The molecule has 0 heterocycles. The van der Waals surface area contributed by atoms with E-state index in [9.17, 15) is 19.8 Å². The third-order valence-corrected chi connectivity index (χ3v) is 0.813. The van der Waals surface area contributed by atoms with E-state index in [1.54, 1.807) is 0 Å². The summed E-state index contributed by atoms with van der Waals surface area (Å²) in [7, 11) is 0. The fourth-order valence-electron chi connectivity index (χ4n) is 0.572. The molecule has 85 valence electrons. The molecule has 0 rings (SSSR count). The summed E-state index contributed by atoms with van der Waals surface area (Å²) in [5.41, 5.74) is 0. The number of carbonyl (C=O) groups excluding carboxylic acids is 2. The SMILES string of the molecule is CC(=O)/C=C(/C)[O-].CC(=O)/C=C(\C)[O-].[Mn+2]. The van der Waals surface area contributed by atoms with Crippen LogP contribution in [0.4, 0.5) is 0 Å². The molecule has 0 aromatic rings. The quantitative estimate of drug-likeness (QED) is 0.383. The molecule has 0 aromatic heterocycles. The van der Waals surface area contributed by atoms with Crippen LogP contribution in [0.3, 0.4) is 0 Å². The summed E-state index contributed by atoms with van der Waals surface area (Å²) in [6, 6.07) is 0. The van der Waals surface area contributed by atoms with Crippen LogP contribution in [-0.2, 0) is 26.7 Å². The first-order valence-electron chi connectivity index (χ1n) is 3.97. The second kappa shape index (κ2) is 11.0. The van der Waals surface area contributed by atoms with Crippen LogP contribution in [0.15, 0.2) is 23.7 Å². The molecule has 1 radical (unpaired) electrons. The molecule has 5 heteroatoms. The fourth-order valence-corrected chi connectivity index (χ4v) is 0.572. The summed E-state index contributed by atoms with van der Waals surface area (Å²) in [5.74, 6) is -0.750. The molecule has 0 saturated heterocycles. The minimum atomic E-state index is -0.187. The number of rotatable bonds is 2. The summed E-state index contributed by atoms with van der Waals surface area (Å²) in [6.07, 6.45) is 2.11. The van der Waals surface area contributed by atoms with E-state index in [1.165, 1.54) is 27.7 Å². The van der Waals surface area contributed by atoms with Crippen molar-refractivity contribution >= 4 is 11.6 Å². The van der Waals surface area contributed by atoms with E-state index in [-0.39, 0.29) is 40.2 Å². The molecule has 0 unspecified atom stereocenters. The van der Waals surface area contributed by atoms with E-state index in [0.717, 1.165) is 12.2 Å². The van der Waals surface area contributed by atoms with Gasteiger partial charge in [-0.25, -0.2) is 0 Å². The fraction of sp³-hybridized carbons (Fsp3) is 0.400. The zero-order valence-electron chi connectivity index (χ0n) is 9.17. The van der Waals surface area contributed by atoms with Gasteiger partial charge in [-0.05, 0) is 26.0 Å². The van der Waals surface area contributed by atoms with Gasteiger partial charge in [0.2, 0.25) is 0 Å². The predicted molar refractivity (Wildman–Crippen MR) is 48.9 cm³/mol. The molecule has 0 spiro atoms. The maximum atomic E-state index is 9.98. The standard InChI is InChI=1S/2C5H8O2.Mn/c2*1-4(6)3-5(2)7;/h2*3,6H,1-2H3;/q;;+2/p-2/b4-3+;4-3-;. The van der Waals surface area contributed by atoms with Crippen LogP contribution in [-0.4, -0.2) is 11.6 Å². The summed E-state index contributed by atoms with van der Waals surface area (Å²) in [4.78, 5) is 20.0. The van der Waals surface area contributed by atoms with Crippen molar-refractivity contribution in [2.45, 2.75) is 27.7 Å². The molecule has 0 bridgehead atoms. The zero-order valence-corrected chi connectivity index (χ0v) is 10.3. The van der Waals surface area contributed by atoms with Crippen molar-refractivity contribution in [3.8, 4) is 0 Å². The van der Waals surface area contributed by atoms with Crippen molar-refractivity contribution in [3.05, 3.63) is 23.7 Å². The van der Waals surface area contributed by atoms with Gasteiger partial charge in [0, 0.05) is 0 Å². The van der Waals surface area contributed by atoms with Crippen LogP contribution in [0.2, 0.25) is 0 Å². The molecule has 4 nitrogen and oxygen atoms in total. The number of allylic oxidation sites excluding steroid dienone is 4. The molecule has 15 heavy (non-hydrogen) atoms.